The van der Waals surface area contributed by atoms with E-state index in [1.54, 1.807) is 12.1 Å². The largest absolute Gasteiger partial charge is 0.493 e. The van der Waals surface area contributed by atoms with E-state index in [0.717, 1.165) is 5.56 Å². The van der Waals surface area contributed by atoms with Gasteiger partial charge in [-0.25, -0.2) is 0 Å². The molecule has 0 fully saturated rings. The van der Waals surface area contributed by atoms with Crippen LogP contribution in [0.15, 0.2) is 12.1 Å². The molecule has 5 heteroatoms. The van der Waals surface area contributed by atoms with Crippen LogP contribution in [0.3, 0.4) is 0 Å². The van der Waals surface area contributed by atoms with Crippen molar-refractivity contribution in [3.63, 3.8) is 0 Å². The molecule has 0 aliphatic heterocycles. The van der Waals surface area contributed by atoms with E-state index in [0.29, 0.717) is 23.7 Å². The zero-order valence-corrected chi connectivity index (χ0v) is 10.7. The van der Waals surface area contributed by atoms with Crippen molar-refractivity contribution in [1.29, 1.82) is 0 Å². The van der Waals surface area contributed by atoms with Crippen molar-refractivity contribution in [3.8, 4) is 17.2 Å². The number of nitrogens with one attached hydrogen (secondary N) is 1. The highest BCUT2D eigenvalue weighted by Crippen LogP contribution is 2.38. The van der Waals surface area contributed by atoms with Gasteiger partial charge in [-0.2, -0.15) is 0 Å². The molecule has 5 nitrogen and oxygen atoms in total. The molecule has 18 heavy (non-hydrogen) atoms. The predicted octanol–water partition coefficient (Wildman–Crippen LogP) is 1.39. The van der Waals surface area contributed by atoms with Crippen LogP contribution in [0.4, 0.5) is 0 Å². The maximum absolute atomic E-state index is 11.3. The number of hydrogen-bond acceptors (Lipinski definition) is 4. The van der Waals surface area contributed by atoms with Gasteiger partial charge in [-0.05, 0) is 24.1 Å². The van der Waals surface area contributed by atoms with E-state index in [1.807, 2.05) is 0 Å². The fourth-order valence-corrected chi connectivity index (χ4v) is 1.60. The molecule has 0 heterocycles. The molecule has 0 aromatic heterocycles. The third kappa shape index (κ3) is 3.55. The summed E-state index contributed by atoms with van der Waals surface area (Å²) in [5.41, 5.74) is 0.829. The number of benzene rings is 1. The van der Waals surface area contributed by atoms with E-state index in [9.17, 15) is 4.79 Å². The van der Waals surface area contributed by atoms with Crippen LogP contribution >= 0.6 is 0 Å². The zero-order chi connectivity index (χ0) is 16.0. The van der Waals surface area contributed by atoms with Crippen molar-refractivity contribution in [3.05, 3.63) is 17.7 Å². The SMILES string of the molecule is [2H]C([2H])([2H])C(=O)NCCc1cc(OC)c(OC)c(OC)c1. The van der Waals surface area contributed by atoms with Gasteiger partial charge in [0.15, 0.2) is 11.5 Å². The summed E-state index contributed by atoms with van der Waals surface area (Å²) in [5.74, 6) is 0.535. The van der Waals surface area contributed by atoms with Gasteiger partial charge in [0, 0.05) is 17.5 Å². The average molecular weight is 256 g/mol. The monoisotopic (exact) mass is 256 g/mol. The van der Waals surface area contributed by atoms with Crippen LogP contribution in [-0.2, 0) is 11.2 Å². The Bertz CT molecular complexity index is 478. The predicted molar refractivity (Wildman–Crippen MR) is 68.5 cm³/mol. The van der Waals surface area contributed by atoms with Gasteiger partial charge >= 0.3 is 0 Å². The molecule has 0 bridgehead atoms. The molecule has 0 unspecified atom stereocenters. The molecular weight excluding hydrogens is 234 g/mol. The lowest BCUT2D eigenvalue weighted by Gasteiger charge is -2.14. The Morgan fingerprint density at radius 2 is 1.83 bits per heavy atom. The van der Waals surface area contributed by atoms with Crippen molar-refractivity contribution >= 4 is 5.91 Å². The van der Waals surface area contributed by atoms with E-state index < -0.39 is 12.8 Å². The molecule has 1 aromatic rings. The number of carbonyl (C=O) groups excluding carboxylic acids is 1. The molecule has 0 atom stereocenters. The van der Waals surface area contributed by atoms with Crippen LogP contribution < -0.4 is 19.5 Å². The minimum atomic E-state index is -2.63. The summed E-state index contributed by atoms with van der Waals surface area (Å²) in [5, 5.41) is 2.36. The maximum Gasteiger partial charge on any atom is 0.216 e. The Hall–Kier alpha value is -1.91. The first-order chi connectivity index (χ1) is 9.83. The van der Waals surface area contributed by atoms with Crippen molar-refractivity contribution in [2.45, 2.75) is 13.3 Å². The second kappa shape index (κ2) is 6.74. The van der Waals surface area contributed by atoms with Crippen LogP contribution in [0.2, 0.25) is 0 Å². The van der Waals surface area contributed by atoms with E-state index in [4.69, 9.17) is 18.3 Å². The van der Waals surface area contributed by atoms with Gasteiger partial charge in [-0.3, -0.25) is 4.79 Å². The summed E-state index contributed by atoms with van der Waals surface area (Å²) < 4.78 is 36.5. The summed E-state index contributed by atoms with van der Waals surface area (Å²) in [6, 6.07) is 3.51. The van der Waals surface area contributed by atoms with Gasteiger partial charge in [0.1, 0.15) is 0 Å². The Morgan fingerprint density at radius 3 is 2.28 bits per heavy atom. The molecule has 1 N–H and O–H groups in total. The van der Waals surface area contributed by atoms with Gasteiger partial charge in [0.05, 0.1) is 21.3 Å². The highest BCUT2D eigenvalue weighted by molar-refractivity contribution is 5.72. The summed E-state index contributed by atoms with van der Waals surface area (Å²) in [6.07, 6.45) is 0.443. The Kier molecular flexibility index (Phi) is 3.76. The standard InChI is InChI=1S/C13H19NO4/c1-9(15)14-6-5-10-7-11(16-2)13(18-4)12(8-10)17-3/h7-8H,5-6H2,1-4H3,(H,14,15)/i1D3. The Morgan fingerprint density at radius 1 is 1.22 bits per heavy atom. The minimum Gasteiger partial charge on any atom is -0.493 e. The summed E-state index contributed by atoms with van der Waals surface area (Å²) in [7, 11) is 4.53. The highest BCUT2D eigenvalue weighted by atomic mass is 16.5. The molecule has 0 saturated carbocycles. The number of ether oxygens (including phenoxy) is 3. The number of methoxy groups -OCH3 is 3. The first kappa shape index (κ1) is 10.1. The van der Waals surface area contributed by atoms with E-state index in [-0.39, 0.29) is 6.54 Å². The molecule has 0 aliphatic rings. The number of amides is 1. The normalized spacial score (nSPS) is 12.9. The maximum atomic E-state index is 11.3. The molecule has 100 valence electrons. The molecule has 1 rings (SSSR count). The number of rotatable bonds is 6. The van der Waals surface area contributed by atoms with Crippen molar-refractivity contribution in [2.24, 2.45) is 0 Å². The minimum absolute atomic E-state index is 0.204. The van der Waals surface area contributed by atoms with Crippen LogP contribution in [-0.4, -0.2) is 33.8 Å². The van der Waals surface area contributed by atoms with Crippen molar-refractivity contribution < 1.29 is 23.1 Å². The van der Waals surface area contributed by atoms with Gasteiger partial charge in [0.2, 0.25) is 11.7 Å². The number of carbonyl (C=O) groups is 1. The molecule has 1 amide bonds. The van der Waals surface area contributed by atoms with Gasteiger partial charge < -0.3 is 19.5 Å². The second-order valence-electron chi connectivity index (χ2n) is 3.54. The summed E-state index contributed by atoms with van der Waals surface area (Å²) >= 11 is 0. The number of hydrogen-bond donors (Lipinski definition) is 1. The first-order valence-corrected chi connectivity index (χ1v) is 5.40. The topological polar surface area (TPSA) is 56.8 Å². The molecule has 0 aliphatic carbocycles. The quantitative estimate of drug-likeness (QED) is 0.835. The first-order valence-electron chi connectivity index (χ1n) is 6.90. The molecular formula is C13H19NO4. The highest BCUT2D eigenvalue weighted by Gasteiger charge is 2.12. The molecule has 0 spiro atoms. The zero-order valence-electron chi connectivity index (χ0n) is 13.7. The second-order valence-corrected chi connectivity index (χ2v) is 3.54. The van der Waals surface area contributed by atoms with Gasteiger partial charge in [-0.1, -0.05) is 0 Å². The van der Waals surface area contributed by atoms with E-state index in [2.05, 4.69) is 5.32 Å². The summed E-state index contributed by atoms with van der Waals surface area (Å²) in [4.78, 5) is 11.3. The van der Waals surface area contributed by atoms with Crippen molar-refractivity contribution in [2.75, 3.05) is 27.9 Å². The fraction of sp³-hybridized carbons (Fsp3) is 0.462. The molecule has 0 radical (unpaired) electrons. The lowest BCUT2D eigenvalue weighted by Crippen LogP contribution is -2.22. The summed E-state index contributed by atoms with van der Waals surface area (Å²) in [6.45, 7) is -2.43. The van der Waals surface area contributed by atoms with Crippen molar-refractivity contribution in [1.82, 2.24) is 5.32 Å². The van der Waals surface area contributed by atoms with Crippen LogP contribution in [0.1, 0.15) is 16.5 Å². The average Bonchev–Trinajstić information content (AvgIpc) is 2.44. The fourth-order valence-electron chi connectivity index (χ4n) is 1.60. The van der Waals surface area contributed by atoms with Crippen LogP contribution in [0, 0.1) is 0 Å². The lowest BCUT2D eigenvalue weighted by molar-refractivity contribution is -0.118. The van der Waals surface area contributed by atoms with Crippen LogP contribution in [0.25, 0.3) is 0 Å². The smallest absolute Gasteiger partial charge is 0.216 e. The third-order valence-corrected chi connectivity index (χ3v) is 2.42. The van der Waals surface area contributed by atoms with Gasteiger partial charge in [0.25, 0.3) is 0 Å². The Labute approximate surface area is 111 Å². The molecule has 0 saturated heterocycles. The van der Waals surface area contributed by atoms with E-state index in [1.165, 1.54) is 21.3 Å². The van der Waals surface area contributed by atoms with E-state index >= 15 is 0 Å². The van der Waals surface area contributed by atoms with Crippen LogP contribution in [0.5, 0.6) is 17.2 Å². The van der Waals surface area contributed by atoms with Gasteiger partial charge in [-0.15, -0.1) is 0 Å². The molecule has 1 aromatic carbocycles. The Balaban J connectivity index is 2.78. The lowest BCUT2D eigenvalue weighted by atomic mass is 10.1. The third-order valence-electron chi connectivity index (χ3n) is 2.42.